The van der Waals surface area contributed by atoms with Crippen LogP contribution in [0.1, 0.15) is 33.1 Å². The van der Waals surface area contributed by atoms with Crippen LogP contribution in [-0.4, -0.2) is 17.7 Å². The number of thioether (sulfide) groups is 1. The predicted molar refractivity (Wildman–Crippen MR) is 85.4 cm³/mol. The second kappa shape index (κ2) is 5.68. The van der Waals surface area contributed by atoms with Crippen molar-refractivity contribution in [1.82, 2.24) is 0 Å². The fraction of sp³-hybridized carbons (Fsp3) is 0.562. The molecule has 0 bridgehead atoms. The van der Waals surface area contributed by atoms with Crippen LogP contribution in [0.25, 0.3) is 0 Å². The molecule has 1 aliphatic heterocycles. The quantitative estimate of drug-likeness (QED) is 0.866. The molecule has 1 amide bonds. The molecule has 3 rings (SSSR count). The van der Waals surface area contributed by atoms with Gasteiger partial charge in [-0.2, -0.15) is 0 Å². The zero-order valence-corrected chi connectivity index (χ0v) is 12.9. The molecule has 3 nitrogen and oxygen atoms in total. The molecule has 0 aromatic heterocycles. The summed E-state index contributed by atoms with van der Waals surface area (Å²) in [7, 11) is 0. The zero-order valence-electron chi connectivity index (χ0n) is 12.1. The minimum Gasteiger partial charge on any atom is -0.382 e. The molecule has 1 aromatic rings. The lowest BCUT2D eigenvalue weighted by atomic mass is 9.80. The van der Waals surface area contributed by atoms with E-state index in [4.69, 9.17) is 0 Å². The number of nitrogens with one attached hydrogen (secondary N) is 2. The van der Waals surface area contributed by atoms with Crippen molar-refractivity contribution in [3.8, 4) is 0 Å². The Balaban J connectivity index is 1.74. The van der Waals surface area contributed by atoms with Gasteiger partial charge in [-0.25, -0.2) is 0 Å². The van der Waals surface area contributed by atoms with E-state index in [1.54, 1.807) is 11.8 Å². The summed E-state index contributed by atoms with van der Waals surface area (Å²) >= 11 is 1.61. The highest BCUT2D eigenvalue weighted by molar-refractivity contribution is 8.00. The molecule has 2 N–H and O–H groups in total. The maximum absolute atomic E-state index is 11.5. The van der Waals surface area contributed by atoms with Gasteiger partial charge in [0.15, 0.2) is 0 Å². The van der Waals surface area contributed by atoms with E-state index in [1.807, 2.05) is 0 Å². The van der Waals surface area contributed by atoms with Gasteiger partial charge in [0.25, 0.3) is 0 Å². The van der Waals surface area contributed by atoms with Crippen LogP contribution in [-0.2, 0) is 4.79 Å². The van der Waals surface area contributed by atoms with Crippen LogP contribution in [0.2, 0.25) is 0 Å². The summed E-state index contributed by atoms with van der Waals surface area (Å²) in [6.45, 7) is 4.67. The van der Waals surface area contributed by atoms with Crippen LogP contribution in [0.3, 0.4) is 0 Å². The van der Waals surface area contributed by atoms with Crippen LogP contribution < -0.4 is 10.6 Å². The molecule has 2 aliphatic rings. The second-order valence-corrected chi connectivity index (χ2v) is 7.21. The minimum absolute atomic E-state index is 0.0966. The van der Waals surface area contributed by atoms with E-state index in [1.165, 1.54) is 24.2 Å². The van der Waals surface area contributed by atoms with Crippen LogP contribution in [0.5, 0.6) is 0 Å². The van der Waals surface area contributed by atoms with E-state index in [2.05, 4.69) is 42.7 Å². The predicted octanol–water partition coefficient (Wildman–Crippen LogP) is 3.97. The number of amides is 1. The van der Waals surface area contributed by atoms with E-state index in [0.29, 0.717) is 17.7 Å². The number of benzene rings is 1. The van der Waals surface area contributed by atoms with E-state index in [-0.39, 0.29) is 5.91 Å². The average Bonchev–Trinajstić information content (AvgIpc) is 2.42. The summed E-state index contributed by atoms with van der Waals surface area (Å²) in [5.41, 5.74) is 2.07. The third-order valence-electron chi connectivity index (χ3n) is 4.42. The van der Waals surface area contributed by atoms with Gasteiger partial charge in [-0.1, -0.05) is 20.3 Å². The van der Waals surface area contributed by atoms with Gasteiger partial charge < -0.3 is 10.6 Å². The van der Waals surface area contributed by atoms with E-state index in [0.717, 1.165) is 17.3 Å². The van der Waals surface area contributed by atoms with Gasteiger partial charge >= 0.3 is 0 Å². The number of hydrogen-bond donors (Lipinski definition) is 2. The van der Waals surface area contributed by atoms with Gasteiger partial charge in [0.1, 0.15) is 0 Å². The summed E-state index contributed by atoms with van der Waals surface area (Å²) in [5.74, 6) is 2.14. The first-order chi connectivity index (χ1) is 9.61. The lowest BCUT2D eigenvalue weighted by molar-refractivity contribution is -0.113. The number of rotatable bonds is 2. The van der Waals surface area contributed by atoms with Crippen molar-refractivity contribution in [3.63, 3.8) is 0 Å². The van der Waals surface area contributed by atoms with Gasteiger partial charge in [-0.05, 0) is 42.9 Å². The Morgan fingerprint density at radius 2 is 2.15 bits per heavy atom. The zero-order chi connectivity index (χ0) is 14.1. The van der Waals surface area contributed by atoms with Crippen LogP contribution in [0.15, 0.2) is 23.1 Å². The Bertz CT molecular complexity index is 517. The highest BCUT2D eigenvalue weighted by Crippen LogP contribution is 2.35. The Morgan fingerprint density at radius 3 is 3.00 bits per heavy atom. The van der Waals surface area contributed by atoms with Crippen molar-refractivity contribution in [3.05, 3.63) is 18.2 Å². The average molecular weight is 290 g/mol. The van der Waals surface area contributed by atoms with Gasteiger partial charge in [0.05, 0.1) is 11.4 Å². The van der Waals surface area contributed by atoms with Crippen molar-refractivity contribution in [2.45, 2.75) is 44.0 Å². The lowest BCUT2D eigenvalue weighted by Gasteiger charge is -2.34. The number of hydrogen-bond acceptors (Lipinski definition) is 3. The van der Waals surface area contributed by atoms with E-state index in [9.17, 15) is 4.79 Å². The number of carbonyl (C=O) groups excluding carboxylic acids is 1. The van der Waals surface area contributed by atoms with Crippen LogP contribution in [0, 0.1) is 11.8 Å². The van der Waals surface area contributed by atoms with Crippen molar-refractivity contribution in [2.75, 3.05) is 16.4 Å². The topological polar surface area (TPSA) is 41.1 Å². The Hall–Kier alpha value is -1.16. The molecule has 1 fully saturated rings. The molecule has 20 heavy (non-hydrogen) atoms. The molecule has 3 unspecified atom stereocenters. The largest absolute Gasteiger partial charge is 0.382 e. The minimum atomic E-state index is 0.0966. The number of anilines is 2. The summed E-state index contributed by atoms with van der Waals surface area (Å²) in [4.78, 5) is 12.6. The molecule has 108 valence electrons. The molecule has 0 radical (unpaired) electrons. The first kappa shape index (κ1) is 13.8. The van der Waals surface area contributed by atoms with Crippen molar-refractivity contribution < 1.29 is 4.79 Å². The molecule has 3 atom stereocenters. The summed E-state index contributed by atoms with van der Waals surface area (Å²) in [6, 6.07) is 6.86. The van der Waals surface area contributed by atoms with Gasteiger partial charge in [0.2, 0.25) is 5.91 Å². The van der Waals surface area contributed by atoms with Crippen molar-refractivity contribution >= 4 is 29.0 Å². The first-order valence-corrected chi connectivity index (χ1v) is 8.43. The molecule has 0 spiro atoms. The highest BCUT2D eigenvalue weighted by Gasteiger charge is 2.25. The van der Waals surface area contributed by atoms with Gasteiger partial charge in [0, 0.05) is 16.6 Å². The highest BCUT2D eigenvalue weighted by atomic mass is 32.2. The number of carbonyl (C=O) groups is 1. The van der Waals surface area contributed by atoms with E-state index < -0.39 is 0 Å². The normalized spacial score (nSPS) is 29.5. The monoisotopic (exact) mass is 290 g/mol. The lowest BCUT2D eigenvalue weighted by Crippen LogP contribution is -2.33. The molecular weight excluding hydrogens is 268 g/mol. The Kier molecular flexibility index (Phi) is 3.92. The van der Waals surface area contributed by atoms with Crippen LogP contribution >= 0.6 is 11.8 Å². The molecule has 1 aromatic carbocycles. The van der Waals surface area contributed by atoms with Crippen LogP contribution in [0.4, 0.5) is 11.4 Å². The van der Waals surface area contributed by atoms with Gasteiger partial charge in [-0.3, -0.25) is 4.79 Å². The maximum atomic E-state index is 11.5. The maximum Gasteiger partial charge on any atom is 0.234 e. The molecule has 1 saturated carbocycles. The smallest absolute Gasteiger partial charge is 0.234 e. The summed E-state index contributed by atoms with van der Waals surface area (Å²) in [5, 5.41) is 6.62. The SMILES string of the molecule is CC1CCC(C)C(Nc2ccc3c(c2)NC(=O)CS3)C1. The molecule has 0 saturated heterocycles. The Morgan fingerprint density at radius 1 is 1.30 bits per heavy atom. The van der Waals surface area contributed by atoms with Crippen molar-refractivity contribution in [2.24, 2.45) is 11.8 Å². The molecule has 4 heteroatoms. The molecule has 1 heterocycles. The first-order valence-electron chi connectivity index (χ1n) is 7.45. The third-order valence-corrected chi connectivity index (χ3v) is 5.50. The number of fused-ring (bicyclic) bond motifs is 1. The van der Waals surface area contributed by atoms with E-state index >= 15 is 0 Å². The Labute approximate surface area is 124 Å². The molecular formula is C16H22N2OS. The summed E-state index contributed by atoms with van der Waals surface area (Å²) in [6.07, 6.45) is 3.88. The standard InChI is InChI=1S/C16H22N2OS/c1-10-3-4-11(2)13(7-10)17-12-5-6-15-14(8-12)18-16(19)9-20-15/h5-6,8,10-11,13,17H,3-4,7,9H2,1-2H3,(H,18,19). The fourth-order valence-electron chi connectivity index (χ4n) is 3.12. The summed E-state index contributed by atoms with van der Waals surface area (Å²) < 4.78 is 0. The third kappa shape index (κ3) is 2.95. The van der Waals surface area contributed by atoms with Crippen molar-refractivity contribution in [1.29, 1.82) is 0 Å². The fourth-order valence-corrected chi connectivity index (χ4v) is 3.91. The second-order valence-electron chi connectivity index (χ2n) is 6.19. The molecule has 1 aliphatic carbocycles. The van der Waals surface area contributed by atoms with Gasteiger partial charge in [-0.15, -0.1) is 11.8 Å².